The lowest BCUT2D eigenvalue weighted by Crippen LogP contribution is -2.03. The molecule has 0 nitrogen and oxygen atoms in total. The lowest BCUT2D eigenvalue weighted by molar-refractivity contribution is 0.627. The molecule has 3 rings (SSSR count). The highest BCUT2D eigenvalue weighted by Crippen LogP contribution is 2.34. The molecule has 0 heterocycles. The van der Waals surface area contributed by atoms with Gasteiger partial charge in [-0.05, 0) is 53.1 Å². The van der Waals surface area contributed by atoms with E-state index in [1.54, 1.807) is 12.1 Å². The molecule has 0 unspecified atom stereocenters. The van der Waals surface area contributed by atoms with Gasteiger partial charge in [-0.1, -0.05) is 59.6 Å². The second kappa shape index (κ2) is 6.51. The van der Waals surface area contributed by atoms with Gasteiger partial charge in [0, 0.05) is 16.0 Å². The fourth-order valence-corrected chi connectivity index (χ4v) is 3.00. The van der Waals surface area contributed by atoms with Gasteiger partial charge >= 0.3 is 0 Å². The van der Waals surface area contributed by atoms with Crippen LogP contribution in [0.15, 0.2) is 72.8 Å². The van der Waals surface area contributed by atoms with Crippen LogP contribution in [0.25, 0.3) is 0 Å². The van der Waals surface area contributed by atoms with E-state index in [9.17, 15) is 4.39 Å². The Balaban J connectivity index is 2.15. The van der Waals surface area contributed by atoms with Crippen LogP contribution in [0.2, 0.25) is 10.0 Å². The Hall–Kier alpha value is -1.83. The minimum absolute atomic E-state index is 0.0435. The van der Waals surface area contributed by atoms with Gasteiger partial charge in [0.1, 0.15) is 5.82 Å². The van der Waals surface area contributed by atoms with Crippen LogP contribution >= 0.6 is 23.2 Å². The molecular formula is C19H13Cl2F. The fourth-order valence-electron chi connectivity index (χ4n) is 2.60. The van der Waals surface area contributed by atoms with Gasteiger partial charge in [-0.3, -0.25) is 0 Å². The van der Waals surface area contributed by atoms with E-state index in [2.05, 4.69) is 0 Å². The molecule has 0 aliphatic heterocycles. The van der Waals surface area contributed by atoms with Crippen molar-refractivity contribution >= 4 is 23.2 Å². The maximum atomic E-state index is 13.2. The lowest BCUT2D eigenvalue weighted by atomic mass is 9.85. The zero-order valence-electron chi connectivity index (χ0n) is 11.6. The minimum atomic E-state index is -0.250. The average molecular weight is 331 g/mol. The first-order valence-electron chi connectivity index (χ1n) is 6.90. The molecule has 22 heavy (non-hydrogen) atoms. The van der Waals surface area contributed by atoms with Gasteiger partial charge in [0.2, 0.25) is 0 Å². The van der Waals surface area contributed by atoms with E-state index in [0.29, 0.717) is 10.0 Å². The first kappa shape index (κ1) is 15.1. The van der Waals surface area contributed by atoms with Crippen molar-refractivity contribution in [2.75, 3.05) is 0 Å². The maximum Gasteiger partial charge on any atom is 0.123 e. The van der Waals surface area contributed by atoms with E-state index >= 15 is 0 Å². The Kier molecular flexibility index (Phi) is 4.47. The molecule has 3 aromatic carbocycles. The average Bonchev–Trinajstić information content (AvgIpc) is 2.50. The Morgan fingerprint density at radius 1 is 0.636 bits per heavy atom. The summed E-state index contributed by atoms with van der Waals surface area (Å²) in [5, 5.41) is 1.35. The fraction of sp³-hybridized carbons (Fsp3) is 0.0526. The standard InChI is InChI=1S/C19H13Cl2F/c20-16-5-1-3-14(11-16)19(13-7-9-18(22)10-8-13)15-4-2-6-17(21)12-15/h1-12,19H. The molecule has 0 radical (unpaired) electrons. The number of hydrogen-bond donors (Lipinski definition) is 0. The molecule has 0 fully saturated rings. The zero-order valence-corrected chi connectivity index (χ0v) is 13.2. The van der Waals surface area contributed by atoms with Gasteiger partial charge < -0.3 is 0 Å². The molecule has 0 aliphatic carbocycles. The number of benzene rings is 3. The van der Waals surface area contributed by atoms with Crippen LogP contribution < -0.4 is 0 Å². The van der Waals surface area contributed by atoms with Crippen molar-refractivity contribution in [1.29, 1.82) is 0 Å². The number of hydrogen-bond acceptors (Lipinski definition) is 0. The van der Waals surface area contributed by atoms with Crippen molar-refractivity contribution in [3.63, 3.8) is 0 Å². The lowest BCUT2D eigenvalue weighted by Gasteiger charge is -2.19. The van der Waals surface area contributed by atoms with Crippen molar-refractivity contribution in [2.45, 2.75) is 5.92 Å². The molecule has 110 valence electrons. The third-order valence-corrected chi connectivity index (χ3v) is 4.04. The van der Waals surface area contributed by atoms with Crippen molar-refractivity contribution in [3.8, 4) is 0 Å². The Morgan fingerprint density at radius 2 is 1.14 bits per heavy atom. The number of rotatable bonds is 3. The Morgan fingerprint density at radius 3 is 1.59 bits per heavy atom. The first-order valence-corrected chi connectivity index (χ1v) is 7.65. The summed E-state index contributed by atoms with van der Waals surface area (Å²) in [5.74, 6) is -0.294. The predicted molar refractivity (Wildman–Crippen MR) is 90.2 cm³/mol. The zero-order chi connectivity index (χ0) is 15.5. The van der Waals surface area contributed by atoms with E-state index in [1.165, 1.54) is 12.1 Å². The van der Waals surface area contributed by atoms with Crippen molar-refractivity contribution in [1.82, 2.24) is 0 Å². The Labute approximate surface area is 139 Å². The van der Waals surface area contributed by atoms with Gasteiger partial charge in [0.15, 0.2) is 0 Å². The molecule has 0 saturated carbocycles. The SMILES string of the molecule is Fc1ccc(C(c2cccc(Cl)c2)c2cccc(Cl)c2)cc1. The highest BCUT2D eigenvalue weighted by molar-refractivity contribution is 6.31. The van der Waals surface area contributed by atoms with Crippen LogP contribution in [-0.2, 0) is 0 Å². The molecule has 0 N–H and O–H groups in total. The normalized spacial score (nSPS) is 10.9. The summed E-state index contributed by atoms with van der Waals surface area (Å²) in [6.45, 7) is 0. The van der Waals surface area contributed by atoms with Crippen molar-refractivity contribution in [2.24, 2.45) is 0 Å². The monoisotopic (exact) mass is 330 g/mol. The van der Waals surface area contributed by atoms with E-state index in [1.807, 2.05) is 48.5 Å². The van der Waals surface area contributed by atoms with Crippen molar-refractivity contribution in [3.05, 3.63) is 105 Å². The van der Waals surface area contributed by atoms with E-state index < -0.39 is 0 Å². The molecule has 3 aromatic rings. The van der Waals surface area contributed by atoms with Crippen LogP contribution in [0.3, 0.4) is 0 Å². The maximum absolute atomic E-state index is 13.2. The van der Waals surface area contributed by atoms with E-state index in [0.717, 1.165) is 16.7 Å². The molecule has 0 atom stereocenters. The molecule has 0 aliphatic rings. The third-order valence-electron chi connectivity index (χ3n) is 3.57. The van der Waals surface area contributed by atoms with E-state index in [-0.39, 0.29) is 11.7 Å². The van der Waals surface area contributed by atoms with Gasteiger partial charge in [0.25, 0.3) is 0 Å². The highest BCUT2D eigenvalue weighted by Gasteiger charge is 2.17. The summed E-state index contributed by atoms with van der Waals surface area (Å²) in [4.78, 5) is 0. The quantitative estimate of drug-likeness (QED) is 0.493. The van der Waals surface area contributed by atoms with Crippen molar-refractivity contribution < 1.29 is 4.39 Å². The van der Waals surface area contributed by atoms with Gasteiger partial charge in [-0.25, -0.2) is 4.39 Å². The smallest absolute Gasteiger partial charge is 0.123 e. The molecule has 0 bridgehead atoms. The van der Waals surface area contributed by atoms with Crippen LogP contribution in [0.5, 0.6) is 0 Å². The summed E-state index contributed by atoms with van der Waals surface area (Å²) in [5.41, 5.74) is 3.08. The molecular weight excluding hydrogens is 318 g/mol. The molecule has 0 amide bonds. The molecule has 3 heteroatoms. The highest BCUT2D eigenvalue weighted by atomic mass is 35.5. The van der Waals surface area contributed by atoms with E-state index in [4.69, 9.17) is 23.2 Å². The van der Waals surface area contributed by atoms with Crippen LogP contribution in [-0.4, -0.2) is 0 Å². The first-order chi connectivity index (χ1) is 10.6. The number of halogens is 3. The van der Waals surface area contributed by atoms with Crippen LogP contribution in [0.4, 0.5) is 4.39 Å². The second-order valence-electron chi connectivity index (χ2n) is 5.09. The molecule has 0 spiro atoms. The predicted octanol–water partition coefficient (Wildman–Crippen LogP) is 6.31. The van der Waals surface area contributed by atoms with Gasteiger partial charge in [-0.15, -0.1) is 0 Å². The third kappa shape index (κ3) is 3.32. The Bertz CT molecular complexity index is 736. The van der Waals surface area contributed by atoms with Gasteiger partial charge in [-0.2, -0.15) is 0 Å². The summed E-state index contributed by atoms with van der Waals surface area (Å²) in [6, 6.07) is 21.9. The second-order valence-corrected chi connectivity index (χ2v) is 5.97. The van der Waals surface area contributed by atoms with Crippen LogP contribution in [0.1, 0.15) is 22.6 Å². The largest absolute Gasteiger partial charge is 0.207 e. The van der Waals surface area contributed by atoms with Crippen LogP contribution in [0, 0.1) is 5.82 Å². The summed E-state index contributed by atoms with van der Waals surface area (Å²) < 4.78 is 13.2. The summed E-state index contributed by atoms with van der Waals surface area (Å²) in [7, 11) is 0. The molecule has 0 saturated heterocycles. The summed E-state index contributed by atoms with van der Waals surface area (Å²) in [6.07, 6.45) is 0. The van der Waals surface area contributed by atoms with Gasteiger partial charge in [0.05, 0.1) is 0 Å². The molecule has 0 aromatic heterocycles. The minimum Gasteiger partial charge on any atom is -0.207 e. The summed E-state index contributed by atoms with van der Waals surface area (Å²) >= 11 is 12.3. The topological polar surface area (TPSA) is 0 Å².